The van der Waals surface area contributed by atoms with Gasteiger partial charge in [-0.3, -0.25) is 4.90 Å². The van der Waals surface area contributed by atoms with Gasteiger partial charge in [-0.05, 0) is 50.4 Å². The Morgan fingerprint density at radius 3 is 2.70 bits per heavy atom. The molecule has 4 nitrogen and oxygen atoms in total. The van der Waals surface area contributed by atoms with E-state index in [1.165, 1.54) is 65.0 Å². The topological polar surface area (TPSA) is 22.6 Å². The number of unbranched alkanes of at least 4 members (excludes halogenated alkanes) is 1. The summed E-state index contributed by atoms with van der Waals surface area (Å²) in [6.45, 7) is 12.1. The highest BCUT2D eigenvalue weighted by Crippen LogP contribution is 2.20. The highest BCUT2D eigenvalue weighted by atomic mass is 15.3. The standard InChI is InChI=1S/C19H32N4/c1-2-3-10-21-11-6-7-18(16-21)17-22-12-14-23(15-13-22)19-8-4-5-9-20-19/h4-5,8-9,18H,2-3,6-7,10-17H2,1H3. The Kier molecular flexibility index (Phi) is 6.29. The van der Waals surface area contributed by atoms with Crippen molar-refractivity contribution in [3.8, 4) is 0 Å². The first-order valence-corrected chi connectivity index (χ1v) is 9.46. The largest absolute Gasteiger partial charge is 0.354 e. The maximum atomic E-state index is 4.48. The van der Waals surface area contributed by atoms with Gasteiger partial charge in [-0.15, -0.1) is 0 Å². The van der Waals surface area contributed by atoms with Gasteiger partial charge in [0.15, 0.2) is 0 Å². The Morgan fingerprint density at radius 2 is 1.96 bits per heavy atom. The van der Waals surface area contributed by atoms with Gasteiger partial charge in [0.05, 0.1) is 0 Å². The van der Waals surface area contributed by atoms with Crippen LogP contribution in [0, 0.1) is 5.92 Å². The average molecular weight is 316 g/mol. The molecule has 1 atom stereocenters. The van der Waals surface area contributed by atoms with E-state index in [-0.39, 0.29) is 0 Å². The van der Waals surface area contributed by atoms with E-state index in [9.17, 15) is 0 Å². The summed E-state index contributed by atoms with van der Waals surface area (Å²) in [5.41, 5.74) is 0. The number of rotatable bonds is 6. The normalized spacial score (nSPS) is 24.0. The SMILES string of the molecule is CCCCN1CCCC(CN2CCN(c3ccccn3)CC2)C1. The van der Waals surface area contributed by atoms with Crippen molar-refractivity contribution in [2.24, 2.45) is 5.92 Å². The summed E-state index contributed by atoms with van der Waals surface area (Å²) in [5, 5.41) is 0. The lowest BCUT2D eigenvalue weighted by Gasteiger charge is -2.39. The van der Waals surface area contributed by atoms with Crippen LogP contribution in [0.15, 0.2) is 24.4 Å². The summed E-state index contributed by atoms with van der Waals surface area (Å²) in [7, 11) is 0. The molecule has 2 saturated heterocycles. The fourth-order valence-corrected chi connectivity index (χ4v) is 3.95. The lowest BCUT2D eigenvalue weighted by molar-refractivity contribution is 0.128. The molecule has 3 heterocycles. The van der Waals surface area contributed by atoms with Crippen LogP contribution in [-0.2, 0) is 0 Å². The zero-order chi connectivity index (χ0) is 15.9. The fraction of sp³-hybridized carbons (Fsp3) is 0.737. The van der Waals surface area contributed by atoms with Crippen LogP contribution in [0.2, 0.25) is 0 Å². The Bertz CT molecular complexity index is 442. The van der Waals surface area contributed by atoms with E-state index in [1.807, 2.05) is 12.3 Å². The smallest absolute Gasteiger partial charge is 0.128 e. The van der Waals surface area contributed by atoms with Gasteiger partial charge in [-0.25, -0.2) is 4.98 Å². The van der Waals surface area contributed by atoms with Gasteiger partial charge in [-0.2, -0.15) is 0 Å². The van der Waals surface area contributed by atoms with Gasteiger partial charge in [-0.1, -0.05) is 19.4 Å². The number of anilines is 1. The number of piperazine rings is 1. The number of hydrogen-bond acceptors (Lipinski definition) is 4. The van der Waals surface area contributed by atoms with E-state index in [1.54, 1.807) is 0 Å². The number of pyridine rings is 1. The third kappa shape index (κ3) is 4.92. The van der Waals surface area contributed by atoms with Crippen molar-refractivity contribution in [1.29, 1.82) is 0 Å². The van der Waals surface area contributed by atoms with E-state index >= 15 is 0 Å². The summed E-state index contributed by atoms with van der Waals surface area (Å²) < 4.78 is 0. The monoisotopic (exact) mass is 316 g/mol. The van der Waals surface area contributed by atoms with Crippen molar-refractivity contribution in [3.05, 3.63) is 24.4 Å². The molecular weight excluding hydrogens is 284 g/mol. The van der Waals surface area contributed by atoms with Gasteiger partial charge in [0.2, 0.25) is 0 Å². The number of aromatic nitrogens is 1. The first-order chi connectivity index (χ1) is 11.3. The third-order valence-electron chi connectivity index (χ3n) is 5.29. The van der Waals surface area contributed by atoms with Gasteiger partial charge in [0, 0.05) is 45.5 Å². The lowest BCUT2D eigenvalue weighted by Crippen LogP contribution is -2.49. The molecule has 0 saturated carbocycles. The molecule has 1 aromatic heterocycles. The molecule has 0 aliphatic carbocycles. The number of nitrogens with zero attached hydrogens (tertiary/aromatic N) is 4. The molecule has 1 aromatic rings. The van der Waals surface area contributed by atoms with Crippen molar-refractivity contribution >= 4 is 5.82 Å². The highest BCUT2D eigenvalue weighted by Gasteiger charge is 2.24. The molecular formula is C19H32N4. The van der Waals surface area contributed by atoms with E-state index in [0.29, 0.717) is 0 Å². The van der Waals surface area contributed by atoms with Gasteiger partial charge in [0.1, 0.15) is 5.82 Å². The Morgan fingerprint density at radius 1 is 1.09 bits per heavy atom. The number of likely N-dealkylation sites (tertiary alicyclic amines) is 1. The predicted molar refractivity (Wildman–Crippen MR) is 97.0 cm³/mol. The van der Waals surface area contributed by atoms with Gasteiger partial charge >= 0.3 is 0 Å². The summed E-state index contributed by atoms with van der Waals surface area (Å²) in [6, 6.07) is 6.21. The summed E-state index contributed by atoms with van der Waals surface area (Å²) in [4.78, 5) is 12.3. The highest BCUT2D eigenvalue weighted by molar-refractivity contribution is 5.38. The van der Waals surface area contributed by atoms with Crippen molar-refractivity contribution < 1.29 is 0 Å². The molecule has 2 fully saturated rings. The quantitative estimate of drug-likeness (QED) is 0.805. The van der Waals surface area contributed by atoms with Gasteiger partial charge < -0.3 is 9.80 Å². The second kappa shape index (κ2) is 8.65. The molecule has 0 amide bonds. The van der Waals surface area contributed by atoms with Crippen LogP contribution in [0.5, 0.6) is 0 Å². The fourth-order valence-electron chi connectivity index (χ4n) is 3.95. The van der Waals surface area contributed by atoms with Crippen molar-refractivity contribution in [3.63, 3.8) is 0 Å². The van der Waals surface area contributed by atoms with Crippen LogP contribution < -0.4 is 4.90 Å². The molecule has 0 spiro atoms. The molecule has 4 heteroatoms. The Hall–Kier alpha value is -1.13. The molecule has 3 rings (SSSR count). The number of hydrogen-bond donors (Lipinski definition) is 0. The first kappa shape index (κ1) is 16.7. The van der Waals surface area contributed by atoms with Crippen molar-refractivity contribution in [2.45, 2.75) is 32.6 Å². The maximum absolute atomic E-state index is 4.48. The minimum absolute atomic E-state index is 0.877. The van der Waals surface area contributed by atoms with Crippen LogP contribution in [0.25, 0.3) is 0 Å². The lowest BCUT2D eigenvalue weighted by atomic mass is 9.97. The molecule has 128 valence electrons. The molecule has 1 unspecified atom stereocenters. The second-order valence-corrected chi connectivity index (χ2v) is 7.14. The zero-order valence-electron chi connectivity index (χ0n) is 14.7. The summed E-state index contributed by atoms with van der Waals surface area (Å²) in [5.74, 6) is 2.01. The number of piperidine rings is 1. The molecule has 0 radical (unpaired) electrons. The molecule has 0 N–H and O–H groups in total. The van der Waals surface area contributed by atoms with Crippen LogP contribution in [0.1, 0.15) is 32.6 Å². The first-order valence-electron chi connectivity index (χ1n) is 9.46. The van der Waals surface area contributed by atoms with E-state index < -0.39 is 0 Å². The molecule has 23 heavy (non-hydrogen) atoms. The minimum atomic E-state index is 0.877. The zero-order valence-corrected chi connectivity index (χ0v) is 14.7. The Labute approximate surface area is 141 Å². The van der Waals surface area contributed by atoms with Gasteiger partial charge in [0.25, 0.3) is 0 Å². The molecule has 0 aromatic carbocycles. The second-order valence-electron chi connectivity index (χ2n) is 7.14. The summed E-state index contributed by atoms with van der Waals surface area (Å²) >= 11 is 0. The molecule has 0 bridgehead atoms. The predicted octanol–water partition coefficient (Wildman–Crippen LogP) is 2.72. The van der Waals surface area contributed by atoms with E-state index in [0.717, 1.165) is 24.8 Å². The maximum Gasteiger partial charge on any atom is 0.128 e. The van der Waals surface area contributed by atoms with Crippen molar-refractivity contribution in [1.82, 2.24) is 14.8 Å². The van der Waals surface area contributed by atoms with Crippen molar-refractivity contribution in [2.75, 3.05) is 57.3 Å². The molecule has 2 aliphatic heterocycles. The summed E-state index contributed by atoms with van der Waals surface area (Å²) in [6.07, 6.45) is 7.38. The Balaban J connectivity index is 1.42. The third-order valence-corrected chi connectivity index (χ3v) is 5.29. The van der Waals surface area contributed by atoms with E-state index in [4.69, 9.17) is 0 Å². The minimum Gasteiger partial charge on any atom is -0.354 e. The van der Waals surface area contributed by atoms with E-state index in [2.05, 4.69) is 38.7 Å². The van der Waals surface area contributed by atoms with Crippen LogP contribution >= 0.6 is 0 Å². The van der Waals surface area contributed by atoms with Crippen LogP contribution in [0.3, 0.4) is 0 Å². The molecule has 2 aliphatic rings. The van der Waals surface area contributed by atoms with Crippen LogP contribution in [0.4, 0.5) is 5.82 Å². The van der Waals surface area contributed by atoms with Crippen LogP contribution in [-0.4, -0.2) is 67.1 Å². The average Bonchev–Trinajstić information content (AvgIpc) is 2.62.